The second kappa shape index (κ2) is 9.00. The minimum atomic E-state index is -0.436. The maximum absolute atomic E-state index is 13.8. The summed E-state index contributed by atoms with van der Waals surface area (Å²) >= 11 is 0. The summed E-state index contributed by atoms with van der Waals surface area (Å²) in [6, 6.07) is 17.9. The number of benzene rings is 1. The third-order valence-corrected chi connectivity index (χ3v) is 5.11. The number of amides is 1. The molecule has 3 heterocycles. The maximum Gasteiger partial charge on any atom is 0.238 e. The summed E-state index contributed by atoms with van der Waals surface area (Å²) in [6.45, 7) is 2.93. The Morgan fingerprint density at radius 2 is 1.83 bits per heavy atom. The van der Waals surface area contributed by atoms with Crippen molar-refractivity contribution in [3.63, 3.8) is 0 Å². The first kappa shape index (κ1) is 20.0. The van der Waals surface area contributed by atoms with Gasteiger partial charge in [-0.1, -0.05) is 24.3 Å². The number of pyridine rings is 2. The SMILES string of the molecule is Cc1cccc(Nc2cccc([C@H]3CCCN3CC(=O)Nc3ccccc3F)n2)n1. The number of likely N-dealkylation sites (tertiary alicyclic amines) is 1. The zero-order valence-corrected chi connectivity index (χ0v) is 16.8. The molecule has 0 unspecified atom stereocenters. The van der Waals surface area contributed by atoms with Crippen LogP contribution >= 0.6 is 0 Å². The first-order valence-corrected chi connectivity index (χ1v) is 10.0. The van der Waals surface area contributed by atoms with Crippen LogP contribution in [0.15, 0.2) is 60.7 Å². The molecule has 3 aromatic rings. The number of halogens is 1. The number of aryl methyl sites for hydroxylation is 1. The molecule has 0 spiro atoms. The highest BCUT2D eigenvalue weighted by molar-refractivity contribution is 5.92. The van der Waals surface area contributed by atoms with Crippen LogP contribution in [0.2, 0.25) is 0 Å². The summed E-state index contributed by atoms with van der Waals surface area (Å²) in [5.74, 6) is 0.791. The highest BCUT2D eigenvalue weighted by Gasteiger charge is 2.29. The number of carbonyl (C=O) groups excluding carboxylic acids is 1. The zero-order chi connectivity index (χ0) is 20.9. The fraction of sp³-hybridized carbons (Fsp3) is 0.261. The van der Waals surface area contributed by atoms with Gasteiger partial charge in [0.1, 0.15) is 17.5 Å². The molecule has 1 aromatic carbocycles. The topological polar surface area (TPSA) is 70.2 Å². The van der Waals surface area contributed by atoms with Gasteiger partial charge in [0, 0.05) is 5.69 Å². The molecule has 30 heavy (non-hydrogen) atoms. The number of anilines is 3. The zero-order valence-electron chi connectivity index (χ0n) is 16.8. The van der Waals surface area contributed by atoms with E-state index in [1.54, 1.807) is 18.2 Å². The van der Waals surface area contributed by atoms with Gasteiger partial charge in [0.25, 0.3) is 0 Å². The van der Waals surface area contributed by atoms with Crippen molar-refractivity contribution >= 4 is 23.2 Å². The molecule has 1 amide bonds. The highest BCUT2D eigenvalue weighted by Crippen LogP contribution is 2.31. The Hall–Kier alpha value is -3.32. The van der Waals surface area contributed by atoms with Gasteiger partial charge in [0.2, 0.25) is 5.91 Å². The van der Waals surface area contributed by atoms with Gasteiger partial charge < -0.3 is 10.6 Å². The van der Waals surface area contributed by atoms with E-state index in [1.807, 2.05) is 43.3 Å². The monoisotopic (exact) mass is 405 g/mol. The normalized spacial score (nSPS) is 16.4. The predicted molar refractivity (Wildman–Crippen MR) is 115 cm³/mol. The number of hydrogen-bond acceptors (Lipinski definition) is 5. The van der Waals surface area contributed by atoms with Crippen LogP contribution in [0.4, 0.5) is 21.7 Å². The van der Waals surface area contributed by atoms with Crippen molar-refractivity contribution in [1.82, 2.24) is 14.9 Å². The van der Waals surface area contributed by atoms with Crippen molar-refractivity contribution in [2.75, 3.05) is 23.7 Å². The first-order valence-electron chi connectivity index (χ1n) is 10.0. The average molecular weight is 405 g/mol. The molecule has 2 aromatic heterocycles. The smallest absolute Gasteiger partial charge is 0.238 e. The summed E-state index contributed by atoms with van der Waals surface area (Å²) < 4.78 is 13.8. The fourth-order valence-corrected chi connectivity index (χ4v) is 3.74. The van der Waals surface area contributed by atoms with Gasteiger partial charge >= 0.3 is 0 Å². The van der Waals surface area contributed by atoms with Gasteiger partial charge in [-0.3, -0.25) is 9.69 Å². The molecule has 7 heteroatoms. The quantitative estimate of drug-likeness (QED) is 0.634. The number of aromatic nitrogens is 2. The molecule has 4 rings (SSSR count). The van der Waals surface area contributed by atoms with E-state index in [2.05, 4.69) is 20.5 Å². The van der Waals surface area contributed by atoms with Crippen molar-refractivity contribution < 1.29 is 9.18 Å². The number of rotatable bonds is 6. The van der Waals surface area contributed by atoms with Crippen molar-refractivity contribution in [2.45, 2.75) is 25.8 Å². The molecular weight excluding hydrogens is 381 g/mol. The molecule has 0 saturated carbocycles. The lowest BCUT2D eigenvalue weighted by Gasteiger charge is -2.24. The third-order valence-electron chi connectivity index (χ3n) is 5.11. The van der Waals surface area contributed by atoms with Crippen LogP contribution in [0.3, 0.4) is 0 Å². The Morgan fingerprint density at radius 1 is 1.07 bits per heavy atom. The Kier molecular flexibility index (Phi) is 5.99. The Balaban J connectivity index is 1.44. The van der Waals surface area contributed by atoms with E-state index in [9.17, 15) is 9.18 Å². The lowest BCUT2D eigenvalue weighted by molar-refractivity contribution is -0.117. The molecular formula is C23H24FN5O. The molecule has 1 fully saturated rings. The molecule has 1 aliphatic heterocycles. The van der Waals surface area contributed by atoms with Crippen molar-refractivity contribution in [1.29, 1.82) is 0 Å². The van der Waals surface area contributed by atoms with Gasteiger partial charge in [-0.25, -0.2) is 14.4 Å². The average Bonchev–Trinajstić information content (AvgIpc) is 3.18. The Bertz CT molecular complexity index is 1040. The highest BCUT2D eigenvalue weighted by atomic mass is 19.1. The van der Waals surface area contributed by atoms with E-state index in [-0.39, 0.29) is 24.2 Å². The van der Waals surface area contributed by atoms with Crippen molar-refractivity contribution in [3.8, 4) is 0 Å². The molecule has 6 nitrogen and oxygen atoms in total. The number of carbonyl (C=O) groups is 1. The number of nitrogens with one attached hydrogen (secondary N) is 2. The first-order chi connectivity index (χ1) is 14.6. The Labute approximate surface area is 175 Å². The predicted octanol–water partition coefficient (Wildman–Crippen LogP) is 4.44. The molecule has 1 atom stereocenters. The standard InChI is InChI=1S/C23H24FN5O/c1-16-7-4-12-21(25-16)28-22-13-5-10-19(26-22)20-11-6-14-29(20)15-23(30)27-18-9-3-2-8-17(18)24/h2-5,7-10,12-13,20H,6,11,14-15H2,1H3,(H,27,30)(H,25,26,28)/t20-/m1/s1. The lowest BCUT2D eigenvalue weighted by atomic mass is 10.1. The van der Waals surface area contributed by atoms with E-state index in [1.165, 1.54) is 6.07 Å². The number of hydrogen-bond donors (Lipinski definition) is 2. The maximum atomic E-state index is 13.8. The van der Waals surface area contributed by atoms with Crippen LogP contribution in [0.5, 0.6) is 0 Å². The van der Waals surface area contributed by atoms with Gasteiger partial charge in [0.05, 0.1) is 24.0 Å². The molecule has 154 valence electrons. The van der Waals surface area contributed by atoms with Crippen molar-refractivity contribution in [3.05, 3.63) is 77.9 Å². The van der Waals surface area contributed by atoms with E-state index in [4.69, 9.17) is 4.98 Å². The minimum Gasteiger partial charge on any atom is -0.325 e. The largest absolute Gasteiger partial charge is 0.325 e. The molecule has 0 radical (unpaired) electrons. The van der Waals surface area contributed by atoms with Crippen LogP contribution in [-0.2, 0) is 4.79 Å². The number of para-hydroxylation sites is 1. The molecule has 0 bridgehead atoms. The van der Waals surface area contributed by atoms with Crippen LogP contribution in [0.25, 0.3) is 0 Å². The van der Waals surface area contributed by atoms with E-state index in [0.29, 0.717) is 5.82 Å². The summed E-state index contributed by atoms with van der Waals surface area (Å²) in [4.78, 5) is 23.8. The third kappa shape index (κ3) is 4.80. The molecule has 1 aliphatic rings. The minimum absolute atomic E-state index is 0.0450. The second-order valence-corrected chi connectivity index (χ2v) is 7.39. The van der Waals surface area contributed by atoms with Crippen LogP contribution in [-0.4, -0.2) is 33.9 Å². The van der Waals surface area contributed by atoms with Crippen LogP contribution in [0.1, 0.15) is 30.3 Å². The molecule has 1 saturated heterocycles. The molecule has 0 aliphatic carbocycles. The van der Waals surface area contributed by atoms with E-state index >= 15 is 0 Å². The Morgan fingerprint density at radius 3 is 2.63 bits per heavy atom. The molecule has 2 N–H and O–H groups in total. The summed E-state index contributed by atoms with van der Waals surface area (Å²) in [5.41, 5.74) is 2.04. The van der Waals surface area contributed by atoms with Crippen LogP contribution in [0, 0.1) is 12.7 Å². The summed E-state index contributed by atoms with van der Waals surface area (Å²) in [7, 11) is 0. The fourth-order valence-electron chi connectivity index (χ4n) is 3.74. The summed E-state index contributed by atoms with van der Waals surface area (Å²) in [5, 5.41) is 5.90. The number of nitrogens with zero attached hydrogens (tertiary/aromatic N) is 3. The van der Waals surface area contributed by atoms with Gasteiger partial charge in [-0.2, -0.15) is 0 Å². The van der Waals surface area contributed by atoms with Gasteiger partial charge in [0.15, 0.2) is 0 Å². The van der Waals surface area contributed by atoms with Gasteiger partial charge in [-0.05, 0) is 62.7 Å². The van der Waals surface area contributed by atoms with E-state index in [0.717, 1.165) is 36.6 Å². The van der Waals surface area contributed by atoms with Crippen molar-refractivity contribution in [2.24, 2.45) is 0 Å². The summed E-state index contributed by atoms with van der Waals surface area (Å²) in [6.07, 6.45) is 1.91. The van der Waals surface area contributed by atoms with E-state index < -0.39 is 5.82 Å². The lowest BCUT2D eigenvalue weighted by Crippen LogP contribution is -2.33. The van der Waals surface area contributed by atoms with Gasteiger partial charge in [-0.15, -0.1) is 0 Å². The van der Waals surface area contributed by atoms with Crippen LogP contribution < -0.4 is 10.6 Å². The second-order valence-electron chi connectivity index (χ2n) is 7.39.